The molecule has 0 saturated carbocycles. The van der Waals surface area contributed by atoms with Gasteiger partial charge in [0.15, 0.2) is 0 Å². The first-order valence-corrected chi connectivity index (χ1v) is 9.87. The number of aryl methyl sites for hydroxylation is 1. The zero-order valence-corrected chi connectivity index (χ0v) is 16.5. The first-order valence-electron chi connectivity index (χ1n) is 8.99. The van der Waals surface area contributed by atoms with Crippen molar-refractivity contribution in [2.24, 2.45) is 0 Å². The van der Waals surface area contributed by atoms with Crippen molar-refractivity contribution in [2.75, 3.05) is 40.0 Å². The number of amides is 1. The number of hydrogen-bond donors (Lipinski definition) is 1. The molecule has 2 heterocycles. The molecule has 3 rings (SSSR count). The molecule has 1 fully saturated rings. The highest BCUT2D eigenvalue weighted by Crippen LogP contribution is 2.23. The predicted molar refractivity (Wildman–Crippen MR) is 107 cm³/mol. The molecule has 1 aliphatic heterocycles. The van der Waals surface area contributed by atoms with E-state index in [9.17, 15) is 4.79 Å². The molecule has 1 unspecified atom stereocenters. The fourth-order valence-electron chi connectivity index (χ4n) is 3.05. The van der Waals surface area contributed by atoms with Gasteiger partial charge in [0.25, 0.3) is 0 Å². The lowest BCUT2D eigenvalue weighted by Gasteiger charge is -2.34. The smallest absolute Gasteiger partial charge is 0.244 e. The Morgan fingerprint density at radius 1 is 1.37 bits per heavy atom. The van der Waals surface area contributed by atoms with Crippen LogP contribution in [0.4, 0.5) is 0 Å². The minimum atomic E-state index is -0.118. The van der Waals surface area contributed by atoms with Crippen molar-refractivity contribution >= 4 is 23.3 Å². The maximum Gasteiger partial charge on any atom is 0.244 e. The maximum absolute atomic E-state index is 12.3. The largest absolute Gasteiger partial charge is 0.497 e. The SMILES string of the molecule is COc1ccc(C(CNC(=O)/C=C/c2csc(C)n2)N2CCOCC2)cc1. The van der Waals surface area contributed by atoms with Crippen molar-refractivity contribution in [1.82, 2.24) is 15.2 Å². The third kappa shape index (κ3) is 5.63. The molecule has 1 saturated heterocycles. The van der Waals surface area contributed by atoms with E-state index in [1.807, 2.05) is 24.4 Å². The molecule has 1 N–H and O–H groups in total. The maximum atomic E-state index is 12.3. The first kappa shape index (κ1) is 19.5. The van der Waals surface area contributed by atoms with Gasteiger partial charge in [-0.1, -0.05) is 12.1 Å². The highest BCUT2D eigenvalue weighted by Gasteiger charge is 2.23. The summed E-state index contributed by atoms with van der Waals surface area (Å²) in [5.41, 5.74) is 1.96. The molecule has 7 heteroatoms. The van der Waals surface area contributed by atoms with Gasteiger partial charge in [-0.25, -0.2) is 4.98 Å². The van der Waals surface area contributed by atoms with E-state index in [4.69, 9.17) is 9.47 Å². The molecule has 1 aromatic carbocycles. The Hall–Kier alpha value is -2.22. The predicted octanol–water partition coefficient (Wildman–Crippen LogP) is 2.66. The summed E-state index contributed by atoms with van der Waals surface area (Å²) in [6, 6.07) is 8.11. The normalized spacial score (nSPS) is 16.4. The van der Waals surface area contributed by atoms with Crippen molar-refractivity contribution in [3.05, 3.63) is 52.0 Å². The fourth-order valence-corrected chi connectivity index (χ4v) is 3.63. The monoisotopic (exact) mass is 387 g/mol. The Kier molecular flexibility index (Phi) is 6.98. The van der Waals surface area contributed by atoms with E-state index in [2.05, 4.69) is 27.3 Å². The average molecular weight is 388 g/mol. The highest BCUT2D eigenvalue weighted by molar-refractivity contribution is 7.09. The van der Waals surface area contributed by atoms with Crippen molar-refractivity contribution in [3.63, 3.8) is 0 Å². The van der Waals surface area contributed by atoms with Crippen LogP contribution in [0, 0.1) is 6.92 Å². The lowest BCUT2D eigenvalue weighted by Crippen LogP contribution is -2.43. The van der Waals surface area contributed by atoms with E-state index in [0.717, 1.165) is 35.1 Å². The van der Waals surface area contributed by atoms with Crippen LogP contribution in [0.2, 0.25) is 0 Å². The molecule has 1 atom stereocenters. The van der Waals surface area contributed by atoms with Crippen LogP contribution < -0.4 is 10.1 Å². The zero-order chi connectivity index (χ0) is 19.1. The molecular weight excluding hydrogens is 362 g/mol. The van der Waals surface area contributed by atoms with E-state index >= 15 is 0 Å². The molecule has 1 aliphatic rings. The standard InChI is InChI=1S/C20H25N3O3S/c1-15-22-17(14-27-15)5-8-20(24)21-13-19(23-9-11-26-12-10-23)16-3-6-18(25-2)7-4-16/h3-8,14,19H,9-13H2,1-2H3,(H,21,24)/b8-5+. The van der Waals surface area contributed by atoms with Crippen LogP contribution in [-0.2, 0) is 9.53 Å². The summed E-state index contributed by atoms with van der Waals surface area (Å²) in [7, 11) is 1.66. The molecule has 144 valence electrons. The van der Waals surface area contributed by atoms with Gasteiger partial charge in [-0.05, 0) is 30.7 Å². The van der Waals surface area contributed by atoms with Crippen LogP contribution in [0.1, 0.15) is 22.3 Å². The van der Waals surface area contributed by atoms with Gasteiger partial charge in [-0.2, -0.15) is 0 Å². The molecule has 1 aromatic heterocycles. The van der Waals surface area contributed by atoms with Crippen molar-refractivity contribution in [1.29, 1.82) is 0 Å². The number of benzene rings is 1. The van der Waals surface area contributed by atoms with E-state index in [0.29, 0.717) is 19.8 Å². The summed E-state index contributed by atoms with van der Waals surface area (Å²) in [4.78, 5) is 18.9. The summed E-state index contributed by atoms with van der Waals surface area (Å²) in [6.07, 6.45) is 3.29. The van der Waals surface area contributed by atoms with E-state index in [1.165, 1.54) is 0 Å². The van der Waals surface area contributed by atoms with Gasteiger partial charge >= 0.3 is 0 Å². The molecule has 1 amide bonds. The Morgan fingerprint density at radius 3 is 2.74 bits per heavy atom. The number of aromatic nitrogens is 1. The van der Waals surface area contributed by atoms with Crippen molar-refractivity contribution in [2.45, 2.75) is 13.0 Å². The summed E-state index contributed by atoms with van der Waals surface area (Å²) >= 11 is 1.57. The van der Waals surface area contributed by atoms with E-state index in [-0.39, 0.29) is 11.9 Å². The van der Waals surface area contributed by atoms with Crippen LogP contribution in [0.3, 0.4) is 0 Å². The number of thiazole rings is 1. The number of morpholine rings is 1. The number of ether oxygens (including phenoxy) is 2. The number of carbonyl (C=O) groups excluding carboxylic acids is 1. The number of hydrogen-bond acceptors (Lipinski definition) is 6. The van der Waals surface area contributed by atoms with Gasteiger partial charge in [0, 0.05) is 31.1 Å². The van der Waals surface area contributed by atoms with E-state index < -0.39 is 0 Å². The van der Waals surface area contributed by atoms with Gasteiger partial charge in [-0.15, -0.1) is 11.3 Å². The molecule has 0 aliphatic carbocycles. The topological polar surface area (TPSA) is 63.7 Å². The van der Waals surface area contributed by atoms with Crippen LogP contribution in [0.25, 0.3) is 6.08 Å². The summed E-state index contributed by atoms with van der Waals surface area (Å²) in [5.74, 6) is 0.706. The van der Waals surface area contributed by atoms with Crippen molar-refractivity contribution in [3.8, 4) is 5.75 Å². The molecule has 0 radical (unpaired) electrons. The summed E-state index contributed by atoms with van der Waals surface area (Å²) < 4.78 is 10.7. The van der Waals surface area contributed by atoms with Gasteiger partial charge in [0.1, 0.15) is 5.75 Å². The van der Waals surface area contributed by atoms with Gasteiger partial charge < -0.3 is 14.8 Å². The minimum Gasteiger partial charge on any atom is -0.497 e. The fraction of sp³-hybridized carbons (Fsp3) is 0.400. The van der Waals surface area contributed by atoms with Crippen LogP contribution in [0.5, 0.6) is 5.75 Å². The number of methoxy groups -OCH3 is 1. The Balaban J connectivity index is 1.65. The average Bonchev–Trinajstić information content (AvgIpc) is 3.13. The third-order valence-electron chi connectivity index (χ3n) is 4.50. The Morgan fingerprint density at radius 2 is 2.11 bits per heavy atom. The number of carbonyl (C=O) groups is 1. The van der Waals surface area contributed by atoms with Gasteiger partial charge in [0.2, 0.25) is 5.91 Å². The molecule has 27 heavy (non-hydrogen) atoms. The second-order valence-corrected chi connectivity index (χ2v) is 7.37. The molecular formula is C20H25N3O3S. The molecule has 6 nitrogen and oxygen atoms in total. The summed E-state index contributed by atoms with van der Waals surface area (Å²) in [6.45, 7) is 5.60. The lowest BCUT2D eigenvalue weighted by molar-refractivity contribution is -0.116. The quantitative estimate of drug-likeness (QED) is 0.740. The molecule has 2 aromatic rings. The highest BCUT2D eigenvalue weighted by atomic mass is 32.1. The van der Waals surface area contributed by atoms with E-state index in [1.54, 1.807) is 30.6 Å². The van der Waals surface area contributed by atoms with Crippen LogP contribution in [0.15, 0.2) is 35.7 Å². The first-order chi connectivity index (χ1) is 13.2. The summed E-state index contributed by atoms with van der Waals surface area (Å²) in [5, 5.41) is 5.95. The molecule has 0 spiro atoms. The number of rotatable bonds is 7. The van der Waals surface area contributed by atoms with Crippen LogP contribution in [-0.4, -0.2) is 55.7 Å². The van der Waals surface area contributed by atoms with Gasteiger partial charge in [-0.3, -0.25) is 9.69 Å². The Bertz CT molecular complexity index is 767. The number of nitrogens with one attached hydrogen (secondary N) is 1. The van der Waals surface area contributed by atoms with Crippen molar-refractivity contribution < 1.29 is 14.3 Å². The second kappa shape index (κ2) is 9.64. The minimum absolute atomic E-state index is 0.0960. The van der Waals surface area contributed by atoms with Gasteiger partial charge in [0.05, 0.1) is 37.1 Å². The zero-order valence-electron chi connectivity index (χ0n) is 15.7. The Labute approximate surface area is 163 Å². The number of nitrogens with zero attached hydrogens (tertiary/aromatic N) is 2. The third-order valence-corrected chi connectivity index (χ3v) is 5.29. The van der Waals surface area contributed by atoms with Crippen LogP contribution >= 0.6 is 11.3 Å². The second-order valence-electron chi connectivity index (χ2n) is 6.31. The molecule has 0 bridgehead atoms. The lowest BCUT2D eigenvalue weighted by atomic mass is 10.0.